The molecule has 0 aromatic carbocycles. The molecule has 1 aromatic rings. The van der Waals surface area contributed by atoms with Gasteiger partial charge in [-0.25, -0.2) is 0 Å². The number of hydrogen-bond acceptors (Lipinski definition) is 3. The van der Waals surface area contributed by atoms with Gasteiger partial charge in [-0.2, -0.15) is 13.2 Å². The zero-order valence-electron chi connectivity index (χ0n) is 10.0. The molecule has 0 saturated heterocycles. The number of carboxylic acids is 1. The van der Waals surface area contributed by atoms with Crippen LogP contribution in [-0.2, 0) is 16.0 Å². The number of hydrogen-bond donors (Lipinski definition) is 2. The van der Waals surface area contributed by atoms with E-state index >= 15 is 0 Å². The normalized spacial score (nSPS) is 13.0. The van der Waals surface area contributed by atoms with Crippen LogP contribution in [-0.4, -0.2) is 29.2 Å². The van der Waals surface area contributed by atoms with Crippen LogP contribution in [0.5, 0.6) is 0 Å². The molecule has 1 atom stereocenters. The quantitative estimate of drug-likeness (QED) is 0.843. The van der Waals surface area contributed by atoms with Crippen LogP contribution in [0.25, 0.3) is 0 Å². The van der Waals surface area contributed by atoms with Gasteiger partial charge in [0.05, 0.1) is 4.34 Å². The van der Waals surface area contributed by atoms with Crippen molar-refractivity contribution in [2.24, 2.45) is 0 Å². The molecule has 0 aliphatic carbocycles. The first-order valence-electron chi connectivity index (χ1n) is 5.51. The second-order valence-electron chi connectivity index (χ2n) is 4.02. The molecule has 0 fully saturated rings. The van der Waals surface area contributed by atoms with Gasteiger partial charge in [0.2, 0.25) is 0 Å². The molecule has 0 spiro atoms. The van der Waals surface area contributed by atoms with Gasteiger partial charge in [-0.1, -0.05) is 11.6 Å². The van der Waals surface area contributed by atoms with E-state index in [2.05, 4.69) is 0 Å². The van der Waals surface area contributed by atoms with Crippen molar-refractivity contribution in [1.29, 1.82) is 0 Å². The van der Waals surface area contributed by atoms with Crippen molar-refractivity contribution in [1.82, 2.24) is 5.32 Å². The minimum atomic E-state index is -5.00. The predicted molar refractivity (Wildman–Crippen MR) is 67.9 cm³/mol. The molecule has 0 saturated carbocycles. The predicted octanol–water partition coefficient (Wildman–Crippen LogP) is 2.86. The number of amides is 1. The van der Waals surface area contributed by atoms with E-state index in [1.807, 2.05) is 0 Å². The monoisotopic (exact) mass is 329 g/mol. The van der Waals surface area contributed by atoms with E-state index in [-0.39, 0.29) is 19.3 Å². The number of carbonyl (C=O) groups excluding carboxylic acids is 1. The lowest BCUT2D eigenvalue weighted by atomic mass is 10.0. The highest BCUT2D eigenvalue weighted by molar-refractivity contribution is 7.14. The maximum Gasteiger partial charge on any atom is 0.471 e. The molecule has 1 heterocycles. The van der Waals surface area contributed by atoms with Crippen LogP contribution in [0.1, 0.15) is 18.4 Å². The van der Waals surface area contributed by atoms with Crippen LogP contribution in [0.3, 0.4) is 0 Å². The molecule has 112 valence electrons. The SMILES string of the molecule is O=C(O)CCC(Cc1ccsc1Cl)NC(=O)C(F)(F)F. The fourth-order valence-electron chi connectivity index (χ4n) is 1.52. The molecule has 20 heavy (non-hydrogen) atoms. The molecule has 1 rings (SSSR count). The summed E-state index contributed by atoms with van der Waals surface area (Å²) >= 11 is 7.05. The standard InChI is InChI=1S/C11H11ClF3NO3S/c12-9-6(3-4-20-9)5-7(1-2-8(17)18)16-10(19)11(13,14)15/h3-4,7H,1-2,5H2,(H,16,19)(H,17,18). The highest BCUT2D eigenvalue weighted by Gasteiger charge is 2.39. The summed E-state index contributed by atoms with van der Waals surface area (Å²) in [5.41, 5.74) is 0.578. The van der Waals surface area contributed by atoms with Crippen molar-refractivity contribution in [3.05, 3.63) is 21.3 Å². The highest BCUT2D eigenvalue weighted by atomic mass is 35.5. The van der Waals surface area contributed by atoms with Crippen molar-refractivity contribution in [3.8, 4) is 0 Å². The maximum absolute atomic E-state index is 12.2. The van der Waals surface area contributed by atoms with Crippen LogP contribution in [0.4, 0.5) is 13.2 Å². The Morgan fingerprint density at radius 1 is 1.45 bits per heavy atom. The summed E-state index contributed by atoms with van der Waals surface area (Å²) in [4.78, 5) is 21.4. The average molecular weight is 330 g/mol. The van der Waals surface area contributed by atoms with Crippen LogP contribution < -0.4 is 5.32 Å². The number of carbonyl (C=O) groups is 2. The van der Waals surface area contributed by atoms with Gasteiger partial charge >= 0.3 is 18.1 Å². The number of halogens is 4. The number of alkyl halides is 3. The Bertz CT molecular complexity index is 490. The van der Waals surface area contributed by atoms with E-state index in [0.717, 1.165) is 0 Å². The summed E-state index contributed by atoms with van der Waals surface area (Å²) in [6.45, 7) is 0. The van der Waals surface area contributed by atoms with E-state index in [4.69, 9.17) is 16.7 Å². The maximum atomic E-state index is 12.2. The fraction of sp³-hybridized carbons (Fsp3) is 0.455. The Morgan fingerprint density at radius 3 is 2.55 bits per heavy atom. The van der Waals surface area contributed by atoms with Crippen LogP contribution in [0, 0.1) is 0 Å². The first-order valence-corrected chi connectivity index (χ1v) is 6.77. The molecule has 1 unspecified atom stereocenters. The third-order valence-corrected chi connectivity index (χ3v) is 3.71. The minimum Gasteiger partial charge on any atom is -0.481 e. The molecule has 0 bridgehead atoms. The van der Waals surface area contributed by atoms with E-state index in [1.54, 1.807) is 16.8 Å². The van der Waals surface area contributed by atoms with E-state index in [1.165, 1.54) is 11.3 Å². The van der Waals surface area contributed by atoms with Gasteiger partial charge in [0, 0.05) is 12.5 Å². The molecule has 0 aliphatic heterocycles. The number of carboxylic acid groups (broad SMARTS) is 1. The molecule has 2 N–H and O–H groups in total. The van der Waals surface area contributed by atoms with Gasteiger partial charge in [-0.05, 0) is 29.9 Å². The number of aliphatic carboxylic acids is 1. The van der Waals surface area contributed by atoms with Gasteiger partial charge in [0.15, 0.2) is 0 Å². The zero-order chi connectivity index (χ0) is 15.3. The van der Waals surface area contributed by atoms with E-state index in [0.29, 0.717) is 9.90 Å². The Hall–Kier alpha value is -1.28. The van der Waals surface area contributed by atoms with Crippen LogP contribution in [0.2, 0.25) is 4.34 Å². The smallest absolute Gasteiger partial charge is 0.471 e. The minimum absolute atomic E-state index is 0.0530. The van der Waals surface area contributed by atoms with Gasteiger partial charge in [0.25, 0.3) is 0 Å². The second kappa shape index (κ2) is 6.94. The summed E-state index contributed by atoms with van der Waals surface area (Å²) in [7, 11) is 0. The number of thiophene rings is 1. The molecule has 9 heteroatoms. The number of nitrogens with one attached hydrogen (secondary N) is 1. The van der Waals surface area contributed by atoms with Crippen molar-refractivity contribution < 1.29 is 27.9 Å². The molecule has 1 amide bonds. The van der Waals surface area contributed by atoms with Gasteiger partial charge in [-0.15, -0.1) is 11.3 Å². The van der Waals surface area contributed by atoms with Crippen molar-refractivity contribution in [2.75, 3.05) is 0 Å². The summed E-state index contributed by atoms with van der Waals surface area (Å²) < 4.78 is 37.1. The average Bonchev–Trinajstić information content (AvgIpc) is 2.70. The molecular weight excluding hydrogens is 319 g/mol. The summed E-state index contributed by atoms with van der Waals surface area (Å²) in [6, 6.07) is 0.688. The summed E-state index contributed by atoms with van der Waals surface area (Å²) in [5.74, 6) is -3.23. The molecule has 1 aromatic heterocycles. The summed E-state index contributed by atoms with van der Waals surface area (Å²) in [5, 5.41) is 12.0. The van der Waals surface area contributed by atoms with Crippen molar-refractivity contribution in [2.45, 2.75) is 31.5 Å². The first-order chi connectivity index (χ1) is 9.20. The summed E-state index contributed by atoms with van der Waals surface area (Å²) in [6.07, 6.45) is -5.40. The Kier molecular flexibility index (Phi) is 5.82. The largest absolute Gasteiger partial charge is 0.481 e. The van der Waals surface area contributed by atoms with Gasteiger partial charge < -0.3 is 10.4 Å². The van der Waals surface area contributed by atoms with Gasteiger partial charge in [-0.3, -0.25) is 9.59 Å². The van der Waals surface area contributed by atoms with Crippen molar-refractivity contribution >= 4 is 34.8 Å². The first kappa shape index (κ1) is 16.8. The highest BCUT2D eigenvalue weighted by Crippen LogP contribution is 2.25. The second-order valence-corrected chi connectivity index (χ2v) is 5.54. The molecule has 4 nitrogen and oxygen atoms in total. The number of rotatable bonds is 6. The molecule has 0 radical (unpaired) electrons. The van der Waals surface area contributed by atoms with Gasteiger partial charge in [0.1, 0.15) is 0 Å². The van der Waals surface area contributed by atoms with E-state index in [9.17, 15) is 22.8 Å². The lowest BCUT2D eigenvalue weighted by Crippen LogP contribution is -2.44. The van der Waals surface area contributed by atoms with Crippen LogP contribution >= 0.6 is 22.9 Å². The zero-order valence-corrected chi connectivity index (χ0v) is 11.6. The van der Waals surface area contributed by atoms with Crippen molar-refractivity contribution in [3.63, 3.8) is 0 Å². The topological polar surface area (TPSA) is 66.4 Å². The third kappa shape index (κ3) is 5.38. The lowest BCUT2D eigenvalue weighted by molar-refractivity contribution is -0.174. The third-order valence-electron chi connectivity index (χ3n) is 2.46. The lowest BCUT2D eigenvalue weighted by Gasteiger charge is -2.18. The fourth-order valence-corrected chi connectivity index (χ4v) is 2.47. The molecule has 0 aliphatic rings. The Balaban J connectivity index is 2.72. The van der Waals surface area contributed by atoms with E-state index < -0.39 is 24.1 Å². The molecular formula is C11H11ClF3NO3S. The van der Waals surface area contributed by atoms with Crippen LogP contribution in [0.15, 0.2) is 11.4 Å². The Labute approximate surface area is 121 Å². The Morgan fingerprint density at radius 2 is 2.10 bits per heavy atom.